The smallest absolute Gasteiger partial charge is 0.727 e. The van der Waals surface area contributed by atoms with E-state index in [1.54, 1.807) is 0 Å². The molecule has 0 aliphatic carbocycles. The maximum atomic E-state index is 7.25. The number of hydrogen-bond acceptors (Lipinski definition) is 4. The molecular weight excluding hydrogens is 119 g/mol. The van der Waals surface area contributed by atoms with E-state index in [1.165, 1.54) is 0 Å². The summed E-state index contributed by atoms with van der Waals surface area (Å²) in [5.41, 5.74) is 0. The van der Waals surface area contributed by atoms with Crippen molar-refractivity contribution in [2.45, 2.75) is 0 Å². The summed E-state index contributed by atoms with van der Waals surface area (Å²) in [5, 5.41) is 26.0. The fraction of sp³-hybridized carbons (Fsp3) is 0. The Kier molecular flexibility index (Phi) is 1390. The molecule has 4 nitrogen and oxygen atoms in total. The predicted molar refractivity (Wildman–Crippen MR) is 5.26 cm³/mol. The van der Waals surface area contributed by atoms with E-state index in [4.69, 9.17) is 21.0 Å². The Bertz CT molecular complexity index is 3.61. The molecule has 0 bridgehead atoms. The summed E-state index contributed by atoms with van der Waals surface area (Å²) in [5.74, 6) is 0. The molecule has 0 aliphatic rings. The Labute approximate surface area is 39.0 Å². The van der Waals surface area contributed by atoms with E-state index < -0.39 is 0 Å². The molecule has 33 valence electrons. The van der Waals surface area contributed by atoms with Crippen LogP contribution in [0.4, 0.5) is 0 Å². The summed E-state index contributed by atoms with van der Waals surface area (Å²) in [4.78, 5) is 0. The van der Waals surface area contributed by atoms with Crippen LogP contribution in [0.25, 0.3) is 0 Å². The molecule has 0 amide bonds. The van der Waals surface area contributed by atoms with Crippen molar-refractivity contribution < 1.29 is 38.1 Å². The van der Waals surface area contributed by atoms with Gasteiger partial charge in [-0.1, -0.05) is 0 Å². The van der Waals surface area contributed by atoms with Gasteiger partial charge in [0.05, 0.1) is 0 Å². The predicted octanol–water partition coefficient (Wildman–Crippen LogP) is -2.36. The number of rotatable bonds is 0. The van der Waals surface area contributed by atoms with Crippen LogP contribution in [0, 0.1) is 0 Å². The molecule has 0 rings (SSSR count). The summed E-state index contributed by atoms with van der Waals surface area (Å²) in [6.07, 6.45) is 0. The van der Waals surface area contributed by atoms with Crippen LogP contribution < -0.4 is 10.5 Å². The van der Waals surface area contributed by atoms with Crippen molar-refractivity contribution >= 4 is 0 Å². The fourth-order valence-electron chi connectivity index (χ4n) is 0. The molecular formula is H2MnO4. The van der Waals surface area contributed by atoms with Crippen molar-refractivity contribution in [3.63, 3.8) is 0 Å². The van der Waals surface area contributed by atoms with E-state index in [0.29, 0.717) is 0 Å². The molecule has 0 saturated heterocycles. The molecule has 0 spiro atoms. The third-order valence-electron chi connectivity index (χ3n) is 0. The Hall–Kier alpha value is 0.359. The van der Waals surface area contributed by atoms with Crippen LogP contribution in [0.15, 0.2) is 0 Å². The average Bonchev–Trinajstić information content (AvgIpc) is 1.50. The SMILES string of the molecule is [Mn+2].[O-]O.[O-]O. The van der Waals surface area contributed by atoms with Gasteiger partial charge in [0.2, 0.25) is 0 Å². The Morgan fingerprint density at radius 1 is 0.800 bits per heavy atom. The molecule has 0 aliphatic heterocycles. The molecule has 0 atom stereocenters. The maximum absolute atomic E-state index is 7.25. The van der Waals surface area contributed by atoms with Crippen LogP contribution in [0.1, 0.15) is 0 Å². The first-order valence-corrected chi connectivity index (χ1v) is 0.365. The number of hydrogen-bond donors (Lipinski definition) is 2. The van der Waals surface area contributed by atoms with Crippen LogP contribution in [0.2, 0.25) is 0 Å². The quantitative estimate of drug-likeness (QED) is 0.213. The van der Waals surface area contributed by atoms with Gasteiger partial charge in [-0.15, -0.1) is 0 Å². The zero-order valence-corrected chi connectivity index (χ0v) is 3.27. The molecule has 1 radical (unpaired) electrons. The van der Waals surface area contributed by atoms with Crippen molar-refractivity contribution in [3.05, 3.63) is 0 Å². The molecule has 0 aromatic rings. The van der Waals surface area contributed by atoms with Crippen LogP contribution in [0.5, 0.6) is 0 Å². The molecule has 5 heavy (non-hydrogen) atoms. The van der Waals surface area contributed by atoms with Crippen molar-refractivity contribution in [2.75, 3.05) is 0 Å². The van der Waals surface area contributed by atoms with E-state index >= 15 is 0 Å². The van der Waals surface area contributed by atoms with Crippen molar-refractivity contribution in [3.8, 4) is 0 Å². The van der Waals surface area contributed by atoms with Gasteiger partial charge in [-0.3, -0.25) is 0 Å². The average molecular weight is 121 g/mol. The third kappa shape index (κ3) is 188. The summed E-state index contributed by atoms with van der Waals surface area (Å²) in [6, 6.07) is 0. The maximum Gasteiger partial charge on any atom is 2.00 e. The van der Waals surface area contributed by atoms with Gasteiger partial charge >= 0.3 is 17.1 Å². The first-order chi connectivity index (χ1) is 2.00. The topological polar surface area (TPSA) is 86.6 Å². The van der Waals surface area contributed by atoms with Gasteiger partial charge in [0, 0.05) is 0 Å². The normalized spacial score (nSPS) is 2.40. The largest absolute Gasteiger partial charge is 2.00 e. The Morgan fingerprint density at radius 3 is 0.800 bits per heavy atom. The standard InChI is InChI=1S/Mn.2H2O2/c;2*1-2/h;2*1-2H/q+2;;/p-2. The Morgan fingerprint density at radius 2 is 0.800 bits per heavy atom. The molecule has 2 N–H and O–H groups in total. The van der Waals surface area contributed by atoms with E-state index in [1.807, 2.05) is 0 Å². The molecule has 0 aromatic carbocycles. The monoisotopic (exact) mass is 121 g/mol. The van der Waals surface area contributed by atoms with E-state index in [-0.39, 0.29) is 17.1 Å². The Balaban J connectivity index is -0.0000000133. The molecule has 0 saturated carbocycles. The van der Waals surface area contributed by atoms with Crippen LogP contribution in [-0.4, -0.2) is 10.5 Å². The van der Waals surface area contributed by atoms with Gasteiger partial charge in [-0.25, -0.2) is 0 Å². The molecule has 0 fully saturated rings. The summed E-state index contributed by atoms with van der Waals surface area (Å²) >= 11 is 0. The van der Waals surface area contributed by atoms with Crippen LogP contribution >= 0.6 is 0 Å². The first-order valence-electron chi connectivity index (χ1n) is 0.365. The first kappa shape index (κ1) is 18.3. The van der Waals surface area contributed by atoms with Crippen LogP contribution in [0.3, 0.4) is 0 Å². The third-order valence-corrected chi connectivity index (χ3v) is 0. The minimum atomic E-state index is 0. The zero-order chi connectivity index (χ0) is 4.00. The fourth-order valence-corrected chi connectivity index (χ4v) is 0. The van der Waals surface area contributed by atoms with Crippen molar-refractivity contribution in [2.24, 2.45) is 0 Å². The molecule has 0 unspecified atom stereocenters. The summed E-state index contributed by atoms with van der Waals surface area (Å²) < 4.78 is 0. The van der Waals surface area contributed by atoms with E-state index in [9.17, 15) is 0 Å². The second kappa shape index (κ2) is 381. The van der Waals surface area contributed by atoms with E-state index in [2.05, 4.69) is 0 Å². The van der Waals surface area contributed by atoms with Crippen LogP contribution in [-0.2, 0) is 17.1 Å². The van der Waals surface area contributed by atoms with Gasteiger partial charge in [0.25, 0.3) is 0 Å². The van der Waals surface area contributed by atoms with Gasteiger partial charge in [-0.05, 0) is 0 Å². The van der Waals surface area contributed by atoms with Gasteiger partial charge in [-0.2, -0.15) is 0 Å². The van der Waals surface area contributed by atoms with Crippen molar-refractivity contribution in [1.29, 1.82) is 0 Å². The van der Waals surface area contributed by atoms with Crippen molar-refractivity contribution in [1.82, 2.24) is 0 Å². The van der Waals surface area contributed by atoms with E-state index in [0.717, 1.165) is 0 Å². The van der Waals surface area contributed by atoms with Gasteiger partial charge in [0.1, 0.15) is 0 Å². The second-order valence-electron chi connectivity index (χ2n) is 0. The summed E-state index contributed by atoms with van der Waals surface area (Å²) in [7, 11) is 0. The molecule has 5 heteroatoms. The zero-order valence-electron chi connectivity index (χ0n) is 2.09. The van der Waals surface area contributed by atoms with Gasteiger partial charge in [0.15, 0.2) is 0 Å². The minimum absolute atomic E-state index is 0. The summed E-state index contributed by atoms with van der Waals surface area (Å²) in [6.45, 7) is 0. The van der Waals surface area contributed by atoms with Gasteiger partial charge < -0.3 is 21.0 Å². The molecule has 0 heterocycles. The molecule has 0 aromatic heterocycles. The minimum Gasteiger partial charge on any atom is -0.727 e. The second-order valence-corrected chi connectivity index (χ2v) is 0.